The highest BCUT2D eigenvalue weighted by atomic mass is 16.5. The van der Waals surface area contributed by atoms with Crippen LogP contribution >= 0.6 is 0 Å². The third kappa shape index (κ3) is 3.06. The van der Waals surface area contributed by atoms with Crippen LogP contribution in [0.5, 0.6) is 5.75 Å². The molecule has 4 nitrogen and oxygen atoms in total. The first-order chi connectivity index (χ1) is 9.05. The molecule has 0 aromatic heterocycles. The van der Waals surface area contributed by atoms with Crippen LogP contribution in [0.15, 0.2) is 18.2 Å². The van der Waals surface area contributed by atoms with Gasteiger partial charge in [0.05, 0.1) is 19.3 Å². The lowest BCUT2D eigenvalue weighted by Gasteiger charge is -2.38. The second kappa shape index (κ2) is 5.60. The molecule has 1 aliphatic rings. The maximum absolute atomic E-state index is 9.94. The number of hydrogen-bond donors (Lipinski definition) is 1. The zero-order valence-corrected chi connectivity index (χ0v) is 11.5. The van der Waals surface area contributed by atoms with Crippen LogP contribution in [0.2, 0.25) is 0 Å². The van der Waals surface area contributed by atoms with E-state index in [-0.39, 0.29) is 5.75 Å². The number of benzene rings is 1. The number of morpholine rings is 1. The van der Waals surface area contributed by atoms with Crippen LogP contribution in [0.3, 0.4) is 0 Å². The second-order valence-electron chi connectivity index (χ2n) is 5.29. The number of phenolic OH excluding ortho intramolecular Hbond substituents is 1. The predicted molar refractivity (Wildman–Crippen MR) is 73.0 cm³/mol. The van der Waals surface area contributed by atoms with Crippen LogP contribution < -0.4 is 0 Å². The maximum Gasteiger partial charge on any atom is 0.118 e. The molecule has 1 N–H and O–H groups in total. The molecule has 102 valence electrons. The summed E-state index contributed by atoms with van der Waals surface area (Å²) in [5.74, 6) is 0.264. The number of aromatic hydroxyl groups is 1. The zero-order chi connectivity index (χ0) is 13.9. The third-order valence-electron chi connectivity index (χ3n) is 3.72. The standard InChI is InChI=1S/C15H20N2O2/c1-12-3-4-14(18)13(9-12)10-15(2,11-16)17-5-7-19-8-6-17/h3-4,9,18H,5-8,10H2,1-2H3. The average Bonchev–Trinajstić information content (AvgIpc) is 2.44. The quantitative estimate of drug-likeness (QED) is 0.901. The van der Waals surface area contributed by atoms with E-state index in [1.807, 2.05) is 26.0 Å². The summed E-state index contributed by atoms with van der Waals surface area (Å²) in [5, 5.41) is 19.5. The Hall–Kier alpha value is -1.57. The summed E-state index contributed by atoms with van der Waals surface area (Å²) in [7, 11) is 0. The molecule has 0 saturated carbocycles. The number of ether oxygens (including phenoxy) is 1. The van der Waals surface area contributed by atoms with Gasteiger partial charge in [0.2, 0.25) is 0 Å². The van der Waals surface area contributed by atoms with Gasteiger partial charge < -0.3 is 9.84 Å². The topological polar surface area (TPSA) is 56.5 Å². The molecule has 1 aromatic rings. The minimum Gasteiger partial charge on any atom is -0.508 e. The molecule has 0 aliphatic carbocycles. The summed E-state index contributed by atoms with van der Waals surface area (Å²) >= 11 is 0. The Balaban J connectivity index is 2.22. The molecule has 2 rings (SSSR count). The second-order valence-corrected chi connectivity index (χ2v) is 5.29. The van der Waals surface area contributed by atoms with E-state index < -0.39 is 5.54 Å². The van der Waals surface area contributed by atoms with Crippen LogP contribution in [0.1, 0.15) is 18.1 Å². The molecule has 0 spiro atoms. The molecule has 0 radical (unpaired) electrons. The van der Waals surface area contributed by atoms with Crippen molar-refractivity contribution in [1.29, 1.82) is 5.26 Å². The van der Waals surface area contributed by atoms with Crippen molar-refractivity contribution in [2.75, 3.05) is 26.3 Å². The zero-order valence-electron chi connectivity index (χ0n) is 11.5. The Morgan fingerprint density at radius 1 is 1.42 bits per heavy atom. The van der Waals surface area contributed by atoms with Gasteiger partial charge in [0.1, 0.15) is 11.3 Å². The van der Waals surface area contributed by atoms with Crippen LogP contribution in [-0.4, -0.2) is 41.8 Å². The molecule has 1 aliphatic heterocycles. The fourth-order valence-electron chi connectivity index (χ4n) is 2.51. The summed E-state index contributed by atoms with van der Waals surface area (Å²) in [5.41, 5.74) is 1.32. The highest BCUT2D eigenvalue weighted by Crippen LogP contribution is 2.27. The van der Waals surface area contributed by atoms with Crippen molar-refractivity contribution in [1.82, 2.24) is 4.90 Å². The number of rotatable bonds is 3. The third-order valence-corrected chi connectivity index (χ3v) is 3.72. The van der Waals surface area contributed by atoms with Crippen LogP contribution in [0.4, 0.5) is 0 Å². The van der Waals surface area contributed by atoms with E-state index in [4.69, 9.17) is 4.74 Å². The van der Waals surface area contributed by atoms with Crippen molar-refractivity contribution in [2.24, 2.45) is 0 Å². The number of nitriles is 1. The lowest BCUT2D eigenvalue weighted by molar-refractivity contribution is 0.00177. The first kappa shape index (κ1) is 13.9. The van der Waals surface area contributed by atoms with Gasteiger partial charge >= 0.3 is 0 Å². The Morgan fingerprint density at radius 2 is 2.11 bits per heavy atom. The Kier molecular flexibility index (Phi) is 4.08. The van der Waals surface area contributed by atoms with Gasteiger partial charge in [0, 0.05) is 19.5 Å². The monoisotopic (exact) mass is 260 g/mol. The van der Waals surface area contributed by atoms with E-state index in [9.17, 15) is 10.4 Å². The van der Waals surface area contributed by atoms with Crippen LogP contribution in [0.25, 0.3) is 0 Å². The van der Waals surface area contributed by atoms with Gasteiger partial charge in [-0.1, -0.05) is 17.7 Å². The lowest BCUT2D eigenvalue weighted by Crippen LogP contribution is -2.52. The SMILES string of the molecule is Cc1ccc(O)c(CC(C)(C#N)N2CCOCC2)c1. The van der Waals surface area contributed by atoms with E-state index >= 15 is 0 Å². The predicted octanol–water partition coefficient (Wildman–Crippen LogP) is 1.86. The van der Waals surface area contributed by atoms with E-state index in [1.54, 1.807) is 6.07 Å². The van der Waals surface area contributed by atoms with Gasteiger partial charge in [0.15, 0.2) is 0 Å². The van der Waals surface area contributed by atoms with Crippen molar-refractivity contribution in [3.8, 4) is 11.8 Å². The highest BCUT2D eigenvalue weighted by molar-refractivity contribution is 5.38. The molecule has 1 fully saturated rings. The minimum absolute atomic E-state index is 0.264. The maximum atomic E-state index is 9.94. The van der Waals surface area contributed by atoms with Gasteiger partial charge in [-0.3, -0.25) is 4.90 Å². The molecule has 1 atom stereocenters. The van der Waals surface area contributed by atoms with Gasteiger partial charge in [0.25, 0.3) is 0 Å². The fourth-order valence-corrected chi connectivity index (χ4v) is 2.51. The van der Waals surface area contributed by atoms with Crippen molar-refractivity contribution < 1.29 is 9.84 Å². The van der Waals surface area contributed by atoms with Gasteiger partial charge in [-0.2, -0.15) is 5.26 Å². The van der Waals surface area contributed by atoms with Crippen molar-refractivity contribution in [2.45, 2.75) is 25.8 Å². The molecule has 0 bridgehead atoms. The molecule has 1 aromatic carbocycles. The van der Waals surface area contributed by atoms with Gasteiger partial charge in [-0.15, -0.1) is 0 Å². The van der Waals surface area contributed by atoms with E-state index in [0.29, 0.717) is 19.6 Å². The summed E-state index contributed by atoms with van der Waals surface area (Å²) in [6.45, 7) is 6.77. The minimum atomic E-state index is -0.602. The summed E-state index contributed by atoms with van der Waals surface area (Å²) < 4.78 is 5.33. The Morgan fingerprint density at radius 3 is 2.74 bits per heavy atom. The number of nitrogens with zero attached hydrogens (tertiary/aromatic N) is 2. The van der Waals surface area contributed by atoms with Crippen LogP contribution in [-0.2, 0) is 11.2 Å². The average molecular weight is 260 g/mol. The molecule has 0 amide bonds. The van der Waals surface area contributed by atoms with Crippen LogP contribution in [0, 0.1) is 18.3 Å². The van der Waals surface area contributed by atoms with Gasteiger partial charge in [-0.05, 0) is 25.5 Å². The van der Waals surface area contributed by atoms with E-state index in [0.717, 1.165) is 24.2 Å². The molecule has 19 heavy (non-hydrogen) atoms. The summed E-state index contributed by atoms with van der Waals surface area (Å²) in [4.78, 5) is 2.14. The Labute approximate surface area is 114 Å². The highest BCUT2D eigenvalue weighted by Gasteiger charge is 2.34. The van der Waals surface area contributed by atoms with Crippen molar-refractivity contribution in [3.63, 3.8) is 0 Å². The van der Waals surface area contributed by atoms with E-state index in [2.05, 4.69) is 11.0 Å². The molecule has 1 saturated heterocycles. The smallest absolute Gasteiger partial charge is 0.118 e. The summed E-state index contributed by atoms with van der Waals surface area (Å²) in [6.07, 6.45) is 0.525. The number of phenols is 1. The van der Waals surface area contributed by atoms with Gasteiger partial charge in [-0.25, -0.2) is 0 Å². The number of aryl methyl sites for hydroxylation is 1. The molecular formula is C15H20N2O2. The first-order valence-electron chi connectivity index (χ1n) is 6.58. The fraction of sp³-hybridized carbons (Fsp3) is 0.533. The lowest BCUT2D eigenvalue weighted by atomic mass is 9.90. The molecular weight excluding hydrogens is 240 g/mol. The Bertz CT molecular complexity index is 489. The number of hydrogen-bond acceptors (Lipinski definition) is 4. The largest absolute Gasteiger partial charge is 0.508 e. The first-order valence-corrected chi connectivity index (χ1v) is 6.58. The van der Waals surface area contributed by atoms with Crippen molar-refractivity contribution in [3.05, 3.63) is 29.3 Å². The summed E-state index contributed by atoms with van der Waals surface area (Å²) in [6, 6.07) is 7.92. The van der Waals surface area contributed by atoms with E-state index in [1.165, 1.54) is 0 Å². The normalized spacial score (nSPS) is 19.6. The van der Waals surface area contributed by atoms with Crippen molar-refractivity contribution >= 4 is 0 Å². The molecule has 1 heterocycles. The molecule has 1 unspecified atom stereocenters. The molecule has 4 heteroatoms.